The molecule has 2 aromatic rings. The van der Waals surface area contributed by atoms with Crippen molar-refractivity contribution in [3.63, 3.8) is 0 Å². The molecule has 3 rings (SSSR count). The summed E-state index contributed by atoms with van der Waals surface area (Å²) in [6.45, 7) is 4.75. The molecule has 8 heteroatoms. The van der Waals surface area contributed by atoms with Crippen molar-refractivity contribution in [2.24, 2.45) is 5.92 Å². The summed E-state index contributed by atoms with van der Waals surface area (Å²) in [5.41, 5.74) is 1.55. The number of hydrogen-bond acceptors (Lipinski definition) is 5. The molecule has 0 aliphatic carbocycles. The van der Waals surface area contributed by atoms with E-state index < -0.39 is 14.9 Å². The molecule has 1 fully saturated rings. The fraction of sp³-hybridized carbons (Fsp3) is 0.400. The largest absolute Gasteiger partial charge is 0.299 e. The van der Waals surface area contributed by atoms with Crippen molar-refractivity contribution in [1.29, 1.82) is 0 Å². The molecule has 0 unspecified atom stereocenters. The second kappa shape index (κ2) is 8.81. The monoisotopic (exact) mass is 403 g/mol. The van der Waals surface area contributed by atoms with Crippen LogP contribution in [0.2, 0.25) is 0 Å². The lowest BCUT2D eigenvalue weighted by Gasteiger charge is -2.32. The van der Waals surface area contributed by atoms with Crippen LogP contribution < -0.4 is 4.72 Å². The summed E-state index contributed by atoms with van der Waals surface area (Å²) in [5, 5.41) is 10.9. The highest BCUT2D eigenvalue weighted by Gasteiger charge is 2.24. The van der Waals surface area contributed by atoms with Gasteiger partial charge in [0, 0.05) is 25.2 Å². The van der Waals surface area contributed by atoms with Gasteiger partial charge in [-0.3, -0.25) is 15.0 Å². The molecule has 0 spiro atoms. The SMILES string of the molecule is Cc1ccc([N+](=O)[O-])cc1S(=O)(=O)NCC1CCN(Cc2ccccc2)CC1. The van der Waals surface area contributed by atoms with Crippen LogP contribution in [0.15, 0.2) is 53.4 Å². The predicted octanol–water partition coefficient (Wildman–Crippen LogP) is 3.09. The Labute approximate surface area is 165 Å². The fourth-order valence-electron chi connectivity index (χ4n) is 3.49. The lowest BCUT2D eigenvalue weighted by Crippen LogP contribution is -2.38. The van der Waals surface area contributed by atoms with Crippen LogP contribution in [0.3, 0.4) is 0 Å². The van der Waals surface area contributed by atoms with Gasteiger partial charge in [-0.1, -0.05) is 36.4 Å². The molecule has 150 valence electrons. The zero-order chi connectivity index (χ0) is 20.1. The maximum atomic E-state index is 12.6. The van der Waals surface area contributed by atoms with Crippen LogP contribution in [0, 0.1) is 23.0 Å². The Balaban J connectivity index is 1.55. The molecule has 0 bridgehead atoms. The number of nitro benzene ring substituents is 1. The number of nitro groups is 1. The van der Waals surface area contributed by atoms with Gasteiger partial charge in [-0.2, -0.15) is 0 Å². The Bertz CT molecular complexity index is 924. The van der Waals surface area contributed by atoms with E-state index in [0.29, 0.717) is 12.1 Å². The van der Waals surface area contributed by atoms with E-state index in [9.17, 15) is 18.5 Å². The summed E-state index contributed by atoms with van der Waals surface area (Å²) in [6.07, 6.45) is 1.84. The minimum Gasteiger partial charge on any atom is -0.299 e. The van der Waals surface area contributed by atoms with Crippen molar-refractivity contribution >= 4 is 15.7 Å². The maximum Gasteiger partial charge on any atom is 0.270 e. The summed E-state index contributed by atoms with van der Waals surface area (Å²) >= 11 is 0. The number of aryl methyl sites for hydroxylation is 1. The minimum absolute atomic E-state index is 0.0248. The molecule has 1 aliphatic rings. The van der Waals surface area contributed by atoms with Gasteiger partial charge in [-0.05, 0) is 49.9 Å². The minimum atomic E-state index is -3.78. The van der Waals surface area contributed by atoms with Crippen LogP contribution in [-0.4, -0.2) is 37.9 Å². The van der Waals surface area contributed by atoms with Crippen molar-refractivity contribution in [3.8, 4) is 0 Å². The van der Waals surface area contributed by atoms with E-state index in [1.165, 1.54) is 17.7 Å². The van der Waals surface area contributed by atoms with Crippen molar-refractivity contribution in [2.75, 3.05) is 19.6 Å². The highest BCUT2D eigenvalue weighted by molar-refractivity contribution is 7.89. The third-order valence-electron chi connectivity index (χ3n) is 5.19. The number of non-ortho nitro benzene ring substituents is 1. The van der Waals surface area contributed by atoms with Gasteiger partial charge in [0.05, 0.1) is 9.82 Å². The number of sulfonamides is 1. The van der Waals surface area contributed by atoms with E-state index in [1.807, 2.05) is 18.2 Å². The molecule has 0 aromatic heterocycles. The molecule has 28 heavy (non-hydrogen) atoms. The second-order valence-electron chi connectivity index (χ2n) is 7.26. The Morgan fingerprint density at radius 1 is 1.14 bits per heavy atom. The number of nitrogens with zero attached hydrogens (tertiary/aromatic N) is 2. The molecular formula is C20H25N3O4S. The van der Waals surface area contributed by atoms with Gasteiger partial charge in [0.2, 0.25) is 10.0 Å². The van der Waals surface area contributed by atoms with Gasteiger partial charge in [0.25, 0.3) is 5.69 Å². The van der Waals surface area contributed by atoms with Crippen LogP contribution >= 0.6 is 0 Å². The summed E-state index contributed by atoms with van der Waals surface area (Å²) in [7, 11) is -3.78. The van der Waals surface area contributed by atoms with Crippen LogP contribution in [0.1, 0.15) is 24.0 Å². The van der Waals surface area contributed by atoms with E-state index in [0.717, 1.165) is 38.5 Å². The summed E-state index contributed by atoms with van der Waals surface area (Å²) < 4.78 is 27.9. The number of rotatable bonds is 7. The zero-order valence-electron chi connectivity index (χ0n) is 15.9. The quantitative estimate of drug-likeness (QED) is 0.566. The van der Waals surface area contributed by atoms with Crippen molar-refractivity contribution in [2.45, 2.75) is 31.2 Å². The first-order valence-corrected chi connectivity index (χ1v) is 10.8. The standard InChI is InChI=1S/C20H25N3O4S/c1-16-7-8-19(23(24)25)13-20(16)28(26,27)21-14-17-9-11-22(12-10-17)15-18-5-3-2-4-6-18/h2-8,13,17,21H,9-12,14-15H2,1H3. The Morgan fingerprint density at radius 2 is 1.82 bits per heavy atom. The molecular weight excluding hydrogens is 378 g/mol. The maximum absolute atomic E-state index is 12.6. The number of nitrogens with one attached hydrogen (secondary N) is 1. The van der Waals surface area contributed by atoms with Crippen LogP contribution in [0.5, 0.6) is 0 Å². The van der Waals surface area contributed by atoms with E-state index in [4.69, 9.17) is 0 Å². The Hall–Kier alpha value is -2.29. The smallest absolute Gasteiger partial charge is 0.270 e. The first-order valence-electron chi connectivity index (χ1n) is 9.36. The highest BCUT2D eigenvalue weighted by Crippen LogP contribution is 2.23. The molecule has 0 saturated carbocycles. The molecule has 1 heterocycles. The summed E-state index contributed by atoms with van der Waals surface area (Å²) in [4.78, 5) is 12.7. The highest BCUT2D eigenvalue weighted by atomic mass is 32.2. The van der Waals surface area contributed by atoms with Gasteiger partial charge < -0.3 is 0 Å². The van der Waals surface area contributed by atoms with Crippen molar-refractivity contribution in [3.05, 3.63) is 69.8 Å². The molecule has 1 N–H and O–H groups in total. The molecule has 1 aliphatic heterocycles. The second-order valence-corrected chi connectivity index (χ2v) is 9.00. The Kier molecular flexibility index (Phi) is 6.43. The number of piperidine rings is 1. The molecule has 2 aromatic carbocycles. The number of likely N-dealkylation sites (tertiary alicyclic amines) is 1. The summed E-state index contributed by atoms with van der Waals surface area (Å²) in [6, 6.07) is 14.2. The fourth-order valence-corrected chi connectivity index (χ4v) is 4.87. The van der Waals surface area contributed by atoms with Crippen molar-refractivity contribution in [1.82, 2.24) is 9.62 Å². The zero-order valence-corrected chi connectivity index (χ0v) is 16.7. The van der Waals surface area contributed by atoms with Gasteiger partial charge >= 0.3 is 0 Å². The molecule has 0 atom stereocenters. The van der Waals surface area contributed by atoms with Crippen LogP contribution in [0.25, 0.3) is 0 Å². The van der Waals surface area contributed by atoms with Gasteiger partial charge in [0.15, 0.2) is 0 Å². The number of hydrogen-bond donors (Lipinski definition) is 1. The van der Waals surface area contributed by atoms with Gasteiger partial charge in [0.1, 0.15) is 0 Å². The topological polar surface area (TPSA) is 92.5 Å². The van der Waals surface area contributed by atoms with Crippen LogP contribution in [-0.2, 0) is 16.6 Å². The summed E-state index contributed by atoms with van der Waals surface area (Å²) in [5.74, 6) is 0.265. The average Bonchev–Trinajstić information content (AvgIpc) is 2.68. The lowest BCUT2D eigenvalue weighted by atomic mass is 9.97. The van der Waals surface area contributed by atoms with Gasteiger partial charge in [-0.15, -0.1) is 0 Å². The third kappa shape index (κ3) is 5.15. The number of benzene rings is 2. The van der Waals surface area contributed by atoms with E-state index in [-0.39, 0.29) is 16.5 Å². The molecule has 7 nitrogen and oxygen atoms in total. The Morgan fingerprint density at radius 3 is 2.46 bits per heavy atom. The van der Waals surface area contributed by atoms with E-state index in [1.54, 1.807) is 6.92 Å². The van der Waals surface area contributed by atoms with Crippen LogP contribution in [0.4, 0.5) is 5.69 Å². The first kappa shape index (κ1) is 20.4. The van der Waals surface area contributed by atoms with E-state index in [2.05, 4.69) is 21.8 Å². The van der Waals surface area contributed by atoms with E-state index >= 15 is 0 Å². The average molecular weight is 404 g/mol. The first-order chi connectivity index (χ1) is 13.3. The van der Waals surface area contributed by atoms with Gasteiger partial charge in [-0.25, -0.2) is 13.1 Å². The molecule has 1 saturated heterocycles. The molecule has 0 radical (unpaired) electrons. The lowest BCUT2D eigenvalue weighted by molar-refractivity contribution is -0.385. The van der Waals surface area contributed by atoms with Crippen molar-refractivity contribution < 1.29 is 13.3 Å². The molecule has 0 amide bonds. The predicted molar refractivity (Wildman–Crippen MR) is 107 cm³/mol. The normalized spacial score (nSPS) is 16.2. The third-order valence-corrected chi connectivity index (χ3v) is 6.76.